The minimum atomic E-state index is -1.61. The van der Waals surface area contributed by atoms with Gasteiger partial charge in [-0.3, -0.25) is 0 Å². The van der Waals surface area contributed by atoms with Crippen molar-refractivity contribution in [2.24, 2.45) is 5.92 Å². The number of hydrogen-bond donors (Lipinski definition) is 1. The topological polar surface area (TPSA) is 37.3 Å². The van der Waals surface area contributed by atoms with Gasteiger partial charge in [0.05, 0.1) is 0 Å². The largest absolute Gasteiger partial charge is 0.479 e. The molecular formula is C20H28Cl2O2. The highest BCUT2D eigenvalue weighted by molar-refractivity contribution is 6.57. The third-order valence-corrected chi connectivity index (χ3v) is 5.87. The quantitative estimate of drug-likeness (QED) is 0.353. The summed E-state index contributed by atoms with van der Waals surface area (Å²) in [5, 5.41) is 8.82. The second kappa shape index (κ2) is 9.68. The molecule has 2 rings (SSSR count). The molecule has 1 aliphatic carbocycles. The molecule has 0 aliphatic heterocycles. The molecule has 1 aliphatic rings. The van der Waals surface area contributed by atoms with Crippen LogP contribution in [0.25, 0.3) is 0 Å². The van der Waals surface area contributed by atoms with Gasteiger partial charge < -0.3 is 5.11 Å². The first-order chi connectivity index (χ1) is 11.5. The first-order valence-electron chi connectivity index (χ1n) is 9.15. The average molecular weight is 371 g/mol. The van der Waals surface area contributed by atoms with Crippen molar-refractivity contribution in [1.82, 2.24) is 0 Å². The van der Waals surface area contributed by atoms with E-state index >= 15 is 0 Å². The molecule has 4 heteroatoms. The van der Waals surface area contributed by atoms with Crippen molar-refractivity contribution < 1.29 is 9.90 Å². The molecule has 1 fully saturated rings. The summed E-state index contributed by atoms with van der Waals surface area (Å²) in [6.45, 7) is 0. The van der Waals surface area contributed by atoms with Crippen LogP contribution in [0.15, 0.2) is 30.3 Å². The van der Waals surface area contributed by atoms with E-state index in [4.69, 9.17) is 28.3 Å². The second-order valence-corrected chi connectivity index (χ2v) is 8.60. The van der Waals surface area contributed by atoms with Crippen molar-refractivity contribution in [3.05, 3.63) is 35.9 Å². The van der Waals surface area contributed by atoms with Crippen molar-refractivity contribution >= 4 is 29.2 Å². The van der Waals surface area contributed by atoms with E-state index < -0.39 is 10.3 Å². The molecule has 0 heterocycles. The standard InChI is InChI=1S/C20H28Cl2O2/c21-20(22,19(23)24)13-9-4-2-1-3-6-10-16-14-18(15-16)17-11-7-5-8-12-17/h5,7-8,11-12,16,18H,1-4,6,9-10,13-15H2,(H,23,24). The molecular weight excluding hydrogens is 343 g/mol. The minimum absolute atomic E-state index is 0.328. The predicted molar refractivity (Wildman–Crippen MR) is 101 cm³/mol. The van der Waals surface area contributed by atoms with Gasteiger partial charge in [0, 0.05) is 0 Å². The molecule has 0 bridgehead atoms. The van der Waals surface area contributed by atoms with Gasteiger partial charge in [0.15, 0.2) is 0 Å². The van der Waals surface area contributed by atoms with Crippen LogP contribution in [0.5, 0.6) is 0 Å². The van der Waals surface area contributed by atoms with Gasteiger partial charge in [0.25, 0.3) is 0 Å². The van der Waals surface area contributed by atoms with Crippen LogP contribution >= 0.6 is 23.2 Å². The number of hydrogen-bond acceptors (Lipinski definition) is 1. The molecule has 1 aromatic rings. The van der Waals surface area contributed by atoms with Gasteiger partial charge in [0.2, 0.25) is 4.33 Å². The molecule has 1 N–H and O–H groups in total. The molecule has 1 saturated carbocycles. The van der Waals surface area contributed by atoms with Gasteiger partial charge >= 0.3 is 5.97 Å². The average Bonchev–Trinajstić information content (AvgIpc) is 2.52. The highest BCUT2D eigenvalue weighted by Gasteiger charge is 2.32. The summed E-state index contributed by atoms with van der Waals surface area (Å²) in [4.78, 5) is 10.8. The molecule has 2 nitrogen and oxygen atoms in total. The Balaban J connectivity index is 1.42. The Hall–Kier alpha value is -0.730. The Bertz CT molecular complexity index is 496. The Morgan fingerprint density at radius 3 is 2.21 bits per heavy atom. The van der Waals surface area contributed by atoms with Crippen LogP contribution in [0.2, 0.25) is 0 Å². The number of benzene rings is 1. The molecule has 24 heavy (non-hydrogen) atoms. The van der Waals surface area contributed by atoms with Crippen molar-refractivity contribution in [2.75, 3.05) is 0 Å². The smallest absolute Gasteiger partial charge is 0.340 e. The van der Waals surface area contributed by atoms with E-state index in [-0.39, 0.29) is 0 Å². The summed E-state index contributed by atoms with van der Waals surface area (Å²) >= 11 is 11.4. The number of carboxylic acid groups (broad SMARTS) is 1. The highest BCUT2D eigenvalue weighted by atomic mass is 35.5. The number of unbranched alkanes of at least 4 members (excludes halogenated alkanes) is 5. The minimum Gasteiger partial charge on any atom is -0.479 e. The first-order valence-corrected chi connectivity index (χ1v) is 9.91. The van der Waals surface area contributed by atoms with Gasteiger partial charge in [-0.15, -0.1) is 0 Å². The van der Waals surface area contributed by atoms with Crippen molar-refractivity contribution in [3.63, 3.8) is 0 Å². The van der Waals surface area contributed by atoms with Gasteiger partial charge in [0.1, 0.15) is 0 Å². The van der Waals surface area contributed by atoms with Crippen LogP contribution in [0.1, 0.15) is 75.7 Å². The Kier molecular flexibility index (Phi) is 7.90. The summed E-state index contributed by atoms with van der Waals surface area (Å²) in [5.74, 6) is 0.566. The highest BCUT2D eigenvalue weighted by Crippen LogP contribution is 2.43. The second-order valence-electron chi connectivity index (χ2n) is 7.11. The van der Waals surface area contributed by atoms with Crippen LogP contribution in [0, 0.1) is 5.92 Å². The molecule has 0 atom stereocenters. The predicted octanol–water partition coefficient (Wildman–Crippen LogP) is 6.56. The van der Waals surface area contributed by atoms with Crippen LogP contribution in [0.3, 0.4) is 0 Å². The number of alkyl halides is 2. The zero-order valence-corrected chi connectivity index (χ0v) is 15.7. The Morgan fingerprint density at radius 2 is 1.58 bits per heavy atom. The van der Waals surface area contributed by atoms with E-state index in [9.17, 15) is 4.79 Å². The summed E-state index contributed by atoms with van der Waals surface area (Å²) in [7, 11) is 0. The lowest BCUT2D eigenvalue weighted by Crippen LogP contribution is -2.25. The van der Waals surface area contributed by atoms with Crippen LogP contribution < -0.4 is 0 Å². The van der Waals surface area contributed by atoms with Crippen LogP contribution in [0.4, 0.5) is 0 Å². The number of halogens is 2. The molecule has 1 aromatic carbocycles. The van der Waals surface area contributed by atoms with Crippen molar-refractivity contribution in [1.29, 1.82) is 0 Å². The maximum atomic E-state index is 10.8. The van der Waals surface area contributed by atoms with Gasteiger partial charge in [-0.05, 0) is 43.1 Å². The molecule has 0 unspecified atom stereocenters. The summed E-state index contributed by atoms with van der Waals surface area (Å²) in [6, 6.07) is 10.9. The molecule has 0 saturated heterocycles. The Morgan fingerprint density at radius 1 is 1.00 bits per heavy atom. The monoisotopic (exact) mass is 370 g/mol. The maximum absolute atomic E-state index is 10.8. The fraction of sp³-hybridized carbons (Fsp3) is 0.650. The molecule has 0 amide bonds. The molecule has 0 radical (unpaired) electrons. The molecule has 134 valence electrons. The number of aliphatic carboxylic acids is 1. The molecule has 0 spiro atoms. The lowest BCUT2D eigenvalue weighted by molar-refractivity contribution is -0.138. The number of rotatable bonds is 11. The fourth-order valence-electron chi connectivity index (χ4n) is 3.56. The van der Waals surface area contributed by atoms with Gasteiger partial charge in [-0.25, -0.2) is 4.79 Å². The maximum Gasteiger partial charge on any atom is 0.340 e. The van der Waals surface area contributed by atoms with Crippen molar-refractivity contribution in [2.45, 2.75) is 74.5 Å². The SMILES string of the molecule is O=C(O)C(Cl)(Cl)CCCCCCCCC1CC(c2ccccc2)C1. The zero-order chi connectivity index (χ0) is 17.4. The summed E-state index contributed by atoms with van der Waals surface area (Å²) in [6.07, 6.45) is 11.1. The van der Waals surface area contributed by atoms with Gasteiger partial charge in [-0.2, -0.15) is 0 Å². The third-order valence-electron chi connectivity index (χ3n) is 5.17. The third kappa shape index (κ3) is 6.29. The van der Waals surface area contributed by atoms with Crippen LogP contribution in [-0.2, 0) is 4.79 Å². The molecule has 0 aromatic heterocycles. The lowest BCUT2D eigenvalue weighted by atomic mass is 9.69. The van der Waals surface area contributed by atoms with E-state index in [1.165, 1.54) is 44.1 Å². The van der Waals surface area contributed by atoms with Gasteiger partial charge in [-0.1, -0.05) is 92.1 Å². The summed E-state index contributed by atoms with van der Waals surface area (Å²) < 4.78 is -1.61. The lowest BCUT2D eigenvalue weighted by Gasteiger charge is -2.36. The van der Waals surface area contributed by atoms with Crippen LogP contribution in [-0.4, -0.2) is 15.4 Å². The summed E-state index contributed by atoms with van der Waals surface area (Å²) in [5.41, 5.74) is 1.50. The van der Waals surface area contributed by atoms with E-state index in [1.54, 1.807) is 0 Å². The van der Waals surface area contributed by atoms with E-state index in [2.05, 4.69) is 30.3 Å². The number of carboxylic acids is 1. The van der Waals surface area contributed by atoms with E-state index in [0.29, 0.717) is 6.42 Å². The Labute approximate surface area is 155 Å². The normalized spacial score (nSPS) is 20.6. The number of carbonyl (C=O) groups is 1. The van der Waals surface area contributed by atoms with E-state index in [1.807, 2.05) is 0 Å². The zero-order valence-electron chi connectivity index (χ0n) is 14.2. The fourth-order valence-corrected chi connectivity index (χ4v) is 3.83. The van der Waals surface area contributed by atoms with Crippen molar-refractivity contribution in [3.8, 4) is 0 Å². The first kappa shape index (κ1) is 19.6. The van der Waals surface area contributed by atoms with E-state index in [0.717, 1.165) is 31.1 Å².